The fourth-order valence-corrected chi connectivity index (χ4v) is 1.20. The fraction of sp³-hybridized carbons (Fsp3) is 0.778. The molecule has 0 fully saturated rings. The molecule has 0 radical (unpaired) electrons. The van der Waals surface area contributed by atoms with Gasteiger partial charge in [-0.3, -0.25) is 4.79 Å². The highest BCUT2D eigenvalue weighted by atomic mass is 16.4. The average Bonchev–Trinajstić information content (AvgIpc) is 2.10. The van der Waals surface area contributed by atoms with Crippen molar-refractivity contribution in [1.82, 2.24) is 0 Å². The molecule has 0 aromatic rings. The number of carboxylic acid groups (broad SMARTS) is 2. The van der Waals surface area contributed by atoms with Crippen LogP contribution in [0.4, 0.5) is 0 Å². The van der Waals surface area contributed by atoms with Crippen LogP contribution in [-0.2, 0) is 9.59 Å². The Balaban J connectivity index is 4.15. The summed E-state index contributed by atoms with van der Waals surface area (Å²) < 4.78 is 0. The normalized spacial score (nSPS) is 14.7. The van der Waals surface area contributed by atoms with Crippen molar-refractivity contribution >= 4 is 11.9 Å². The molecule has 0 heterocycles. The molecule has 5 heteroatoms. The second kappa shape index (κ2) is 6.37. The standard InChI is InChI=1S/C9H16O5/c1-2-3-4-5-6(8(11)12)7(10)9(13)14/h6-7,10H,2-5H2,1H3,(H,11,12)(H,13,14)/t6-,7+/m0/s1. The molecule has 0 unspecified atom stereocenters. The summed E-state index contributed by atoms with van der Waals surface area (Å²) in [6.45, 7) is 1.96. The van der Waals surface area contributed by atoms with Gasteiger partial charge in [-0.05, 0) is 6.42 Å². The molecular weight excluding hydrogens is 188 g/mol. The number of carboxylic acids is 2. The van der Waals surface area contributed by atoms with Gasteiger partial charge in [-0.15, -0.1) is 0 Å². The molecule has 0 rings (SSSR count). The highest BCUT2D eigenvalue weighted by molar-refractivity contribution is 5.81. The molecule has 2 atom stereocenters. The summed E-state index contributed by atoms with van der Waals surface area (Å²) in [5, 5.41) is 26.2. The first kappa shape index (κ1) is 12.9. The first-order valence-electron chi connectivity index (χ1n) is 4.64. The molecule has 0 aliphatic carbocycles. The summed E-state index contributed by atoms with van der Waals surface area (Å²) in [4.78, 5) is 21.0. The van der Waals surface area contributed by atoms with E-state index in [4.69, 9.17) is 15.3 Å². The lowest BCUT2D eigenvalue weighted by Gasteiger charge is -2.14. The fourth-order valence-electron chi connectivity index (χ4n) is 1.20. The van der Waals surface area contributed by atoms with E-state index >= 15 is 0 Å². The van der Waals surface area contributed by atoms with Crippen molar-refractivity contribution in [2.24, 2.45) is 5.92 Å². The number of hydrogen-bond donors (Lipinski definition) is 3. The summed E-state index contributed by atoms with van der Waals surface area (Å²) in [5.74, 6) is -3.93. The topological polar surface area (TPSA) is 94.8 Å². The van der Waals surface area contributed by atoms with E-state index < -0.39 is 24.0 Å². The van der Waals surface area contributed by atoms with E-state index in [0.29, 0.717) is 6.42 Å². The van der Waals surface area contributed by atoms with Gasteiger partial charge < -0.3 is 15.3 Å². The molecule has 5 nitrogen and oxygen atoms in total. The number of carbonyl (C=O) groups is 2. The maximum absolute atomic E-state index is 10.6. The SMILES string of the molecule is CCCCC[C@H](C(=O)O)[C@@H](O)C(=O)O. The predicted octanol–water partition coefficient (Wildman–Crippen LogP) is 0.713. The van der Waals surface area contributed by atoms with Crippen LogP contribution in [0.2, 0.25) is 0 Å². The molecular formula is C9H16O5. The van der Waals surface area contributed by atoms with Gasteiger partial charge in [-0.25, -0.2) is 4.79 Å². The molecule has 0 amide bonds. The minimum atomic E-state index is -1.80. The zero-order valence-corrected chi connectivity index (χ0v) is 8.14. The molecule has 0 aromatic heterocycles. The van der Waals surface area contributed by atoms with E-state index in [1.807, 2.05) is 6.92 Å². The predicted molar refractivity (Wildman–Crippen MR) is 48.9 cm³/mol. The maximum Gasteiger partial charge on any atom is 0.333 e. The number of rotatable bonds is 7. The Hall–Kier alpha value is -1.10. The summed E-state index contributed by atoms with van der Waals surface area (Å²) in [6.07, 6.45) is 0.796. The van der Waals surface area contributed by atoms with Gasteiger partial charge in [0.2, 0.25) is 0 Å². The van der Waals surface area contributed by atoms with E-state index in [1.54, 1.807) is 0 Å². The largest absolute Gasteiger partial charge is 0.481 e. The Morgan fingerprint density at radius 1 is 1.14 bits per heavy atom. The van der Waals surface area contributed by atoms with Gasteiger partial charge in [0.25, 0.3) is 0 Å². The third-order valence-electron chi connectivity index (χ3n) is 2.07. The highest BCUT2D eigenvalue weighted by Gasteiger charge is 2.31. The van der Waals surface area contributed by atoms with Crippen molar-refractivity contribution in [3.05, 3.63) is 0 Å². The number of hydrogen-bond acceptors (Lipinski definition) is 3. The monoisotopic (exact) mass is 204 g/mol. The Kier molecular flexibility index (Phi) is 5.87. The number of aliphatic hydroxyl groups is 1. The van der Waals surface area contributed by atoms with Crippen LogP contribution in [-0.4, -0.2) is 33.4 Å². The lowest BCUT2D eigenvalue weighted by Crippen LogP contribution is -2.34. The van der Waals surface area contributed by atoms with E-state index in [-0.39, 0.29) is 6.42 Å². The summed E-state index contributed by atoms with van der Waals surface area (Å²) in [7, 11) is 0. The Labute approximate surface area is 82.4 Å². The zero-order valence-electron chi connectivity index (χ0n) is 8.14. The zero-order chi connectivity index (χ0) is 11.1. The lowest BCUT2D eigenvalue weighted by molar-refractivity contribution is -0.159. The second-order valence-electron chi connectivity index (χ2n) is 3.22. The quantitative estimate of drug-likeness (QED) is 0.531. The summed E-state index contributed by atoms with van der Waals surface area (Å²) >= 11 is 0. The van der Waals surface area contributed by atoms with Crippen molar-refractivity contribution in [1.29, 1.82) is 0 Å². The van der Waals surface area contributed by atoms with Crippen molar-refractivity contribution < 1.29 is 24.9 Å². The minimum absolute atomic E-state index is 0.205. The molecule has 0 saturated heterocycles. The second-order valence-corrected chi connectivity index (χ2v) is 3.22. The van der Waals surface area contributed by atoms with Crippen molar-refractivity contribution in [3.8, 4) is 0 Å². The first-order valence-corrected chi connectivity index (χ1v) is 4.64. The maximum atomic E-state index is 10.6. The number of aliphatic hydroxyl groups excluding tert-OH is 1. The van der Waals surface area contributed by atoms with Gasteiger partial charge in [0, 0.05) is 0 Å². The van der Waals surface area contributed by atoms with E-state index in [9.17, 15) is 9.59 Å². The van der Waals surface area contributed by atoms with Gasteiger partial charge in [0.1, 0.15) is 0 Å². The van der Waals surface area contributed by atoms with E-state index in [2.05, 4.69) is 0 Å². The molecule has 0 saturated carbocycles. The van der Waals surface area contributed by atoms with Gasteiger partial charge in [-0.2, -0.15) is 0 Å². The third kappa shape index (κ3) is 4.23. The Bertz CT molecular complexity index is 201. The molecule has 0 aromatic carbocycles. The molecule has 82 valence electrons. The van der Waals surface area contributed by atoms with Crippen LogP contribution in [0.3, 0.4) is 0 Å². The van der Waals surface area contributed by atoms with Crippen LogP contribution in [0.5, 0.6) is 0 Å². The van der Waals surface area contributed by atoms with Gasteiger partial charge >= 0.3 is 11.9 Å². The average molecular weight is 204 g/mol. The van der Waals surface area contributed by atoms with Crippen LogP contribution in [0.15, 0.2) is 0 Å². The molecule has 0 spiro atoms. The molecule has 0 bridgehead atoms. The first-order chi connectivity index (χ1) is 6.50. The molecule has 14 heavy (non-hydrogen) atoms. The van der Waals surface area contributed by atoms with Crippen molar-refractivity contribution in [2.75, 3.05) is 0 Å². The lowest BCUT2D eigenvalue weighted by atomic mass is 9.95. The van der Waals surface area contributed by atoms with Gasteiger partial charge in [0.05, 0.1) is 5.92 Å². The van der Waals surface area contributed by atoms with Gasteiger partial charge in [-0.1, -0.05) is 26.2 Å². The molecule has 0 aliphatic heterocycles. The summed E-state index contributed by atoms with van der Waals surface area (Å²) in [5.41, 5.74) is 0. The minimum Gasteiger partial charge on any atom is -0.481 e. The van der Waals surface area contributed by atoms with Crippen LogP contribution >= 0.6 is 0 Å². The Morgan fingerprint density at radius 3 is 2.07 bits per heavy atom. The van der Waals surface area contributed by atoms with Crippen molar-refractivity contribution in [3.63, 3.8) is 0 Å². The van der Waals surface area contributed by atoms with Crippen LogP contribution in [0.25, 0.3) is 0 Å². The number of aliphatic carboxylic acids is 2. The summed E-state index contributed by atoms with van der Waals surface area (Å²) in [6, 6.07) is 0. The smallest absolute Gasteiger partial charge is 0.333 e. The van der Waals surface area contributed by atoms with Crippen LogP contribution in [0, 0.1) is 5.92 Å². The van der Waals surface area contributed by atoms with Crippen molar-refractivity contribution in [2.45, 2.75) is 38.7 Å². The van der Waals surface area contributed by atoms with E-state index in [0.717, 1.165) is 12.8 Å². The highest BCUT2D eigenvalue weighted by Crippen LogP contribution is 2.14. The third-order valence-corrected chi connectivity index (χ3v) is 2.07. The van der Waals surface area contributed by atoms with Crippen LogP contribution in [0.1, 0.15) is 32.6 Å². The van der Waals surface area contributed by atoms with Gasteiger partial charge in [0.15, 0.2) is 6.10 Å². The number of unbranched alkanes of at least 4 members (excludes halogenated alkanes) is 2. The van der Waals surface area contributed by atoms with E-state index in [1.165, 1.54) is 0 Å². The molecule has 0 aliphatic rings. The molecule has 3 N–H and O–H groups in total. The Morgan fingerprint density at radius 2 is 1.71 bits per heavy atom. The van der Waals surface area contributed by atoms with Crippen LogP contribution < -0.4 is 0 Å².